The van der Waals surface area contributed by atoms with Crippen molar-refractivity contribution in [3.63, 3.8) is 0 Å². The van der Waals surface area contributed by atoms with Crippen molar-refractivity contribution in [3.05, 3.63) is 59.1 Å². The summed E-state index contributed by atoms with van der Waals surface area (Å²) >= 11 is 7.76. The molecule has 0 spiro atoms. The van der Waals surface area contributed by atoms with Gasteiger partial charge in [0.05, 0.1) is 11.1 Å². The van der Waals surface area contributed by atoms with Crippen LogP contribution in [-0.4, -0.2) is 17.0 Å². The molecule has 2 aromatic carbocycles. The van der Waals surface area contributed by atoms with Crippen LogP contribution < -0.4 is 0 Å². The Labute approximate surface area is 157 Å². The number of thioether (sulfide) groups is 1. The third-order valence-corrected chi connectivity index (χ3v) is 5.00. The van der Waals surface area contributed by atoms with Gasteiger partial charge in [-0.25, -0.2) is 4.98 Å². The number of carbonyl (C=O) groups excluding carboxylic acids is 1. The summed E-state index contributed by atoms with van der Waals surface area (Å²) in [4.78, 5) is 18.0. The Kier molecular flexibility index (Phi) is 4.90. The average molecular weight is 370 g/mol. The predicted octanol–water partition coefficient (Wildman–Crippen LogP) is 6.51. The van der Waals surface area contributed by atoms with Gasteiger partial charge in [-0.2, -0.15) is 0 Å². The summed E-state index contributed by atoms with van der Waals surface area (Å²) in [6.07, 6.45) is 1.96. The third kappa shape index (κ3) is 3.44. The highest BCUT2D eigenvalue weighted by molar-refractivity contribution is 7.98. The molecule has 1 aromatic heterocycles. The van der Waals surface area contributed by atoms with Crippen molar-refractivity contribution in [2.24, 2.45) is 5.41 Å². The van der Waals surface area contributed by atoms with Crippen molar-refractivity contribution in [1.29, 1.82) is 0 Å². The molecule has 0 unspecified atom stereocenters. The number of rotatable bonds is 3. The number of benzene rings is 2. The second kappa shape index (κ2) is 6.81. The zero-order chi connectivity index (χ0) is 18.2. The highest BCUT2D eigenvalue weighted by atomic mass is 35.5. The molecule has 0 radical (unpaired) electrons. The van der Waals surface area contributed by atoms with Crippen LogP contribution in [0.4, 0.5) is 0 Å². The lowest BCUT2D eigenvalue weighted by Gasteiger charge is -2.22. The second-order valence-electron chi connectivity index (χ2n) is 6.98. The Hall–Kier alpha value is -1.84. The molecule has 0 aliphatic carbocycles. The minimum Gasteiger partial charge on any atom is -0.293 e. The molecule has 0 N–H and O–H groups in total. The number of nitrogens with zero attached hydrogens (tertiary/aromatic N) is 1. The molecule has 0 atom stereocenters. The van der Waals surface area contributed by atoms with Crippen LogP contribution in [-0.2, 0) is 0 Å². The predicted molar refractivity (Wildman–Crippen MR) is 108 cm³/mol. The SMILES string of the molecule is CSc1nc2ccc(Cl)cc2c(-c2ccccc2)c1C(=O)C(C)(C)C. The van der Waals surface area contributed by atoms with Gasteiger partial charge in [-0.05, 0) is 30.0 Å². The number of halogens is 1. The Bertz CT molecular complexity index is 946. The minimum atomic E-state index is -0.498. The van der Waals surface area contributed by atoms with Gasteiger partial charge >= 0.3 is 0 Å². The maximum atomic E-state index is 13.3. The lowest BCUT2D eigenvalue weighted by molar-refractivity contribution is 0.0855. The van der Waals surface area contributed by atoms with Gasteiger partial charge in [0.1, 0.15) is 5.03 Å². The molecule has 0 aliphatic rings. The van der Waals surface area contributed by atoms with E-state index in [4.69, 9.17) is 16.6 Å². The Morgan fingerprint density at radius 2 is 1.76 bits per heavy atom. The number of pyridine rings is 1. The van der Waals surface area contributed by atoms with Crippen LogP contribution in [0.25, 0.3) is 22.0 Å². The molecule has 2 nitrogen and oxygen atoms in total. The standard InChI is InChI=1S/C21H20ClNOS/c1-21(2,3)19(24)18-17(13-8-6-5-7-9-13)15-12-14(22)10-11-16(15)23-20(18)25-4/h5-12H,1-4H3. The Morgan fingerprint density at radius 3 is 2.36 bits per heavy atom. The van der Waals surface area contributed by atoms with E-state index in [1.165, 1.54) is 11.8 Å². The van der Waals surface area contributed by atoms with Crippen LogP contribution in [0.5, 0.6) is 0 Å². The molecule has 0 amide bonds. The monoisotopic (exact) mass is 369 g/mol. The highest BCUT2D eigenvalue weighted by Gasteiger charge is 2.30. The number of aromatic nitrogens is 1. The Balaban J connectivity index is 2.49. The fraction of sp³-hybridized carbons (Fsp3) is 0.238. The summed E-state index contributed by atoms with van der Waals surface area (Å²) in [5, 5.41) is 2.30. The number of Topliss-reactive ketones (excluding diaryl/α,β-unsaturated/α-hetero) is 1. The van der Waals surface area contributed by atoms with Gasteiger partial charge in [-0.15, -0.1) is 11.8 Å². The second-order valence-corrected chi connectivity index (χ2v) is 8.21. The largest absolute Gasteiger partial charge is 0.293 e. The smallest absolute Gasteiger partial charge is 0.171 e. The summed E-state index contributed by atoms with van der Waals surface area (Å²) in [6, 6.07) is 15.6. The van der Waals surface area contributed by atoms with Crippen molar-refractivity contribution >= 4 is 40.0 Å². The molecular weight excluding hydrogens is 350 g/mol. The molecule has 0 saturated heterocycles. The normalized spacial score (nSPS) is 11.7. The van der Waals surface area contributed by atoms with E-state index >= 15 is 0 Å². The fourth-order valence-electron chi connectivity index (χ4n) is 2.85. The minimum absolute atomic E-state index is 0.0880. The molecule has 4 heteroatoms. The third-order valence-electron chi connectivity index (χ3n) is 4.08. The summed E-state index contributed by atoms with van der Waals surface area (Å²) in [5.74, 6) is 0.0880. The lowest BCUT2D eigenvalue weighted by atomic mass is 9.83. The molecular formula is C21H20ClNOS. The van der Waals surface area contributed by atoms with Crippen molar-refractivity contribution in [2.75, 3.05) is 6.26 Å². The molecule has 0 aliphatic heterocycles. The molecule has 25 heavy (non-hydrogen) atoms. The van der Waals surface area contributed by atoms with Gasteiger partial charge in [0, 0.05) is 21.4 Å². The van der Waals surface area contributed by atoms with Crippen molar-refractivity contribution in [1.82, 2.24) is 4.98 Å². The molecule has 0 fully saturated rings. The number of hydrogen-bond donors (Lipinski definition) is 0. The average Bonchev–Trinajstić information content (AvgIpc) is 2.59. The van der Waals surface area contributed by atoms with Crippen LogP contribution in [0.2, 0.25) is 5.02 Å². The molecule has 3 rings (SSSR count). The van der Waals surface area contributed by atoms with E-state index in [2.05, 4.69) is 0 Å². The van der Waals surface area contributed by atoms with E-state index in [9.17, 15) is 4.79 Å². The maximum absolute atomic E-state index is 13.3. The summed E-state index contributed by atoms with van der Waals surface area (Å²) in [6.45, 7) is 5.82. The first-order valence-corrected chi connectivity index (χ1v) is 9.70. The van der Waals surface area contributed by atoms with Crippen LogP contribution in [0.3, 0.4) is 0 Å². The van der Waals surface area contributed by atoms with Crippen molar-refractivity contribution in [3.8, 4) is 11.1 Å². The summed E-state index contributed by atoms with van der Waals surface area (Å²) in [7, 11) is 0. The molecule has 0 bridgehead atoms. The van der Waals surface area contributed by atoms with E-state index in [1.54, 1.807) is 0 Å². The van der Waals surface area contributed by atoms with Gasteiger partial charge in [-0.1, -0.05) is 62.7 Å². The Morgan fingerprint density at radius 1 is 1.08 bits per heavy atom. The van der Waals surface area contributed by atoms with Crippen LogP contribution in [0, 0.1) is 5.41 Å². The zero-order valence-electron chi connectivity index (χ0n) is 14.8. The van der Waals surface area contributed by atoms with Gasteiger partial charge in [0.25, 0.3) is 0 Å². The van der Waals surface area contributed by atoms with E-state index in [0.717, 1.165) is 27.1 Å². The molecule has 1 heterocycles. The summed E-state index contributed by atoms with van der Waals surface area (Å²) in [5.41, 5.74) is 2.94. The topological polar surface area (TPSA) is 30.0 Å². The van der Waals surface area contributed by atoms with E-state index in [0.29, 0.717) is 10.6 Å². The maximum Gasteiger partial charge on any atom is 0.171 e. The van der Waals surface area contributed by atoms with Gasteiger partial charge < -0.3 is 0 Å². The summed E-state index contributed by atoms with van der Waals surface area (Å²) < 4.78 is 0. The van der Waals surface area contributed by atoms with Crippen LogP contribution in [0.1, 0.15) is 31.1 Å². The first-order chi connectivity index (χ1) is 11.8. The van der Waals surface area contributed by atoms with E-state index in [-0.39, 0.29) is 5.78 Å². The molecule has 0 saturated carbocycles. The van der Waals surface area contributed by atoms with Crippen molar-refractivity contribution < 1.29 is 4.79 Å². The quantitative estimate of drug-likeness (QED) is 0.389. The van der Waals surface area contributed by atoms with E-state index < -0.39 is 5.41 Å². The first kappa shape index (κ1) is 18.0. The van der Waals surface area contributed by atoms with E-state index in [1.807, 2.05) is 75.6 Å². The number of hydrogen-bond acceptors (Lipinski definition) is 3. The number of carbonyl (C=O) groups is 1. The fourth-order valence-corrected chi connectivity index (χ4v) is 3.61. The molecule has 128 valence electrons. The lowest BCUT2D eigenvalue weighted by Crippen LogP contribution is -2.22. The first-order valence-electron chi connectivity index (χ1n) is 8.10. The molecule has 3 aromatic rings. The van der Waals surface area contributed by atoms with Gasteiger partial charge in [-0.3, -0.25) is 4.79 Å². The zero-order valence-corrected chi connectivity index (χ0v) is 16.3. The number of ketones is 1. The van der Waals surface area contributed by atoms with Crippen LogP contribution >= 0.6 is 23.4 Å². The number of fused-ring (bicyclic) bond motifs is 1. The van der Waals surface area contributed by atoms with Gasteiger partial charge in [0.15, 0.2) is 5.78 Å². The van der Waals surface area contributed by atoms with Crippen LogP contribution in [0.15, 0.2) is 53.6 Å². The highest BCUT2D eigenvalue weighted by Crippen LogP contribution is 2.39. The van der Waals surface area contributed by atoms with Crippen molar-refractivity contribution in [2.45, 2.75) is 25.8 Å². The van der Waals surface area contributed by atoms with Gasteiger partial charge in [0.2, 0.25) is 0 Å².